The number of methoxy groups -OCH3 is 1. The van der Waals surface area contributed by atoms with E-state index in [2.05, 4.69) is 53.2 Å². The Morgan fingerprint density at radius 1 is 1.04 bits per heavy atom. The maximum absolute atomic E-state index is 5.27. The van der Waals surface area contributed by atoms with Crippen LogP contribution in [0.15, 0.2) is 61.1 Å². The van der Waals surface area contributed by atoms with Crippen LogP contribution in [0.4, 0.5) is 0 Å². The molecule has 0 bridgehead atoms. The molecule has 0 unspecified atom stereocenters. The molecule has 2 aromatic heterocycles. The third-order valence-electron chi connectivity index (χ3n) is 4.08. The molecule has 0 atom stereocenters. The van der Waals surface area contributed by atoms with Crippen molar-refractivity contribution in [1.82, 2.24) is 9.55 Å². The summed E-state index contributed by atoms with van der Waals surface area (Å²) in [6, 6.07) is 16.5. The van der Waals surface area contributed by atoms with Crippen molar-refractivity contribution in [2.24, 2.45) is 7.05 Å². The Bertz CT molecular complexity index is 1090. The number of rotatable bonds is 2. The van der Waals surface area contributed by atoms with Crippen LogP contribution in [-0.2, 0) is 7.05 Å². The van der Waals surface area contributed by atoms with Crippen LogP contribution in [0, 0.1) is 11.8 Å². The van der Waals surface area contributed by atoms with E-state index >= 15 is 0 Å². The SMILES string of the molecule is COc1ccc(-c2sc3ccccc3c2C#Cc2cncn2C)cc1. The zero-order valence-electron chi connectivity index (χ0n) is 14.0. The number of hydrogen-bond donors (Lipinski definition) is 0. The lowest BCUT2D eigenvalue weighted by Gasteiger charge is -2.02. The first-order valence-corrected chi connectivity index (χ1v) is 8.72. The Kier molecular flexibility index (Phi) is 4.01. The largest absolute Gasteiger partial charge is 0.497 e. The van der Waals surface area contributed by atoms with Gasteiger partial charge in [-0.1, -0.05) is 24.1 Å². The second kappa shape index (κ2) is 6.46. The van der Waals surface area contributed by atoms with E-state index in [1.165, 1.54) is 15.0 Å². The summed E-state index contributed by atoms with van der Waals surface area (Å²) in [4.78, 5) is 5.31. The number of imidazole rings is 1. The van der Waals surface area contributed by atoms with Gasteiger partial charge >= 0.3 is 0 Å². The lowest BCUT2D eigenvalue weighted by atomic mass is 10.1. The summed E-state index contributed by atoms with van der Waals surface area (Å²) >= 11 is 1.77. The quantitative estimate of drug-likeness (QED) is 0.492. The molecule has 0 radical (unpaired) electrons. The average Bonchev–Trinajstić information content (AvgIpc) is 3.23. The molecule has 0 aliphatic carbocycles. The van der Waals surface area contributed by atoms with Gasteiger partial charge in [0.05, 0.1) is 30.1 Å². The van der Waals surface area contributed by atoms with E-state index in [1.54, 1.807) is 31.0 Å². The Labute approximate surface area is 150 Å². The molecule has 2 aromatic carbocycles. The van der Waals surface area contributed by atoms with E-state index in [-0.39, 0.29) is 0 Å². The summed E-state index contributed by atoms with van der Waals surface area (Å²) in [6.07, 6.45) is 3.55. The maximum atomic E-state index is 5.27. The van der Waals surface area contributed by atoms with Gasteiger partial charge in [-0.05, 0) is 41.8 Å². The second-order valence-corrected chi connectivity index (χ2v) is 6.72. The minimum Gasteiger partial charge on any atom is -0.497 e. The molecule has 0 aliphatic rings. The highest BCUT2D eigenvalue weighted by molar-refractivity contribution is 7.22. The molecule has 25 heavy (non-hydrogen) atoms. The molecule has 122 valence electrons. The van der Waals surface area contributed by atoms with E-state index in [9.17, 15) is 0 Å². The number of hydrogen-bond acceptors (Lipinski definition) is 3. The molecule has 0 saturated heterocycles. The van der Waals surface area contributed by atoms with Gasteiger partial charge in [0.25, 0.3) is 0 Å². The Hall–Kier alpha value is -3.03. The fraction of sp³-hybridized carbons (Fsp3) is 0.0952. The third-order valence-corrected chi connectivity index (χ3v) is 5.30. The van der Waals surface area contributed by atoms with Crippen LogP contribution in [0.5, 0.6) is 5.75 Å². The van der Waals surface area contributed by atoms with Crippen molar-refractivity contribution in [3.63, 3.8) is 0 Å². The smallest absolute Gasteiger partial charge is 0.118 e. The van der Waals surface area contributed by atoms with Crippen LogP contribution in [0.2, 0.25) is 0 Å². The van der Waals surface area contributed by atoms with Crippen molar-refractivity contribution in [2.45, 2.75) is 0 Å². The van der Waals surface area contributed by atoms with Gasteiger partial charge in [0.15, 0.2) is 0 Å². The topological polar surface area (TPSA) is 27.1 Å². The van der Waals surface area contributed by atoms with Crippen molar-refractivity contribution < 1.29 is 4.74 Å². The van der Waals surface area contributed by atoms with Gasteiger partial charge in [-0.15, -0.1) is 11.3 Å². The van der Waals surface area contributed by atoms with Gasteiger partial charge in [-0.25, -0.2) is 4.98 Å². The summed E-state index contributed by atoms with van der Waals surface area (Å²) < 4.78 is 8.43. The van der Waals surface area contributed by atoms with Gasteiger partial charge in [-0.3, -0.25) is 0 Å². The summed E-state index contributed by atoms with van der Waals surface area (Å²) in [5.41, 5.74) is 3.11. The van der Waals surface area contributed by atoms with Crippen LogP contribution in [-0.4, -0.2) is 16.7 Å². The Morgan fingerprint density at radius 3 is 2.56 bits per heavy atom. The van der Waals surface area contributed by atoms with Crippen LogP contribution < -0.4 is 4.74 Å². The fourth-order valence-corrected chi connectivity index (χ4v) is 3.88. The van der Waals surface area contributed by atoms with E-state index < -0.39 is 0 Å². The molecule has 3 nitrogen and oxygen atoms in total. The molecule has 4 heteroatoms. The number of aryl methyl sites for hydroxylation is 1. The summed E-state index contributed by atoms with van der Waals surface area (Å²) in [7, 11) is 3.63. The van der Waals surface area contributed by atoms with Crippen LogP contribution >= 0.6 is 11.3 Å². The Morgan fingerprint density at radius 2 is 1.84 bits per heavy atom. The van der Waals surface area contributed by atoms with E-state index in [0.29, 0.717) is 0 Å². The molecule has 0 fully saturated rings. The summed E-state index contributed by atoms with van der Waals surface area (Å²) in [5.74, 6) is 7.48. The molecular formula is C21H16N2OS. The van der Waals surface area contributed by atoms with Crippen LogP contribution in [0.3, 0.4) is 0 Å². The highest BCUT2D eigenvalue weighted by atomic mass is 32.1. The van der Waals surface area contributed by atoms with Crippen LogP contribution in [0.25, 0.3) is 20.5 Å². The Balaban J connectivity index is 1.89. The van der Waals surface area contributed by atoms with Crippen molar-refractivity contribution in [3.05, 3.63) is 72.3 Å². The van der Waals surface area contributed by atoms with Crippen molar-refractivity contribution in [2.75, 3.05) is 7.11 Å². The zero-order chi connectivity index (χ0) is 17.2. The molecule has 2 heterocycles. The number of ether oxygens (including phenoxy) is 1. The number of nitrogens with zero attached hydrogens (tertiary/aromatic N) is 2. The number of benzene rings is 2. The zero-order valence-corrected chi connectivity index (χ0v) is 14.8. The predicted octanol–water partition coefficient (Wildman–Crippen LogP) is 4.71. The molecule has 0 N–H and O–H groups in total. The van der Waals surface area contributed by atoms with E-state index in [0.717, 1.165) is 22.6 Å². The molecule has 0 spiro atoms. The van der Waals surface area contributed by atoms with Gasteiger partial charge in [0, 0.05) is 17.1 Å². The number of fused-ring (bicyclic) bond motifs is 1. The monoisotopic (exact) mass is 344 g/mol. The minimum absolute atomic E-state index is 0.854. The standard InChI is InChI=1S/C21H16N2OS/c1-23-14-22-13-16(23)9-12-19-18-5-3-4-6-20(18)25-21(19)15-7-10-17(24-2)11-8-15/h3-8,10-11,13-14H,1-2H3. The third kappa shape index (κ3) is 2.90. The molecule has 0 amide bonds. The maximum Gasteiger partial charge on any atom is 0.118 e. The summed E-state index contributed by atoms with van der Waals surface area (Å²) in [6.45, 7) is 0. The lowest BCUT2D eigenvalue weighted by Crippen LogP contribution is -1.88. The first-order chi connectivity index (χ1) is 12.3. The normalized spacial score (nSPS) is 10.5. The molecular weight excluding hydrogens is 328 g/mol. The van der Waals surface area contributed by atoms with Crippen molar-refractivity contribution in [1.29, 1.82) is 0 Å². The second-order valence-electron chi connectivity index (χ2n) is 5.67. The number of thiophene rings is 1. The van der Waals surface area contributed by atoms with Crippen LogP contribution in [0.1, 0.15) is 11.3 Å². The van der Waals surface area contributed by atoms with Gasteiger partial charge < -0.3 is 9.30 Å². The molecule has 4 rings (SSSR count). The van der Waals surface area contributed by atoms with Gasteiger partial charge in [0.1, 0.15) is 11.4 Å². The molecule has 4 aromatic rings. The number of aromatic nitrogens is 2. The predicted molar refractivity (Wildman–Crippen MR) is 103 cm³/mol. The highest BCUT2D eigenvalue weighted by Gasteiger charge is 2.12. The fourth-order valence-electron chi connectivity index (χ4n) is 2.72. The first-order valence-electron chi connectivity index (χ1n) is 7.90. The summed E-state index contributed by atoms with van der Waals surface area (Å²) in [5, 5.41) is 1.19. The molecule has 0 aliphatic heterocycles. The first kappa shape index (κ1) is 15.5. The van der Waals surface area contributed by atoms with E-state index in [1.807, 2.05) is 23.7 Å². The minimum atomic E-state index is 0.854. The lowest BCUT2D eigenvalue weighted by molar-refractivity contribution is 0.415. The highest BCUT2D eigenvalue weighted by Crippen LogP contribution is 2.38. The average molecular weight is 344 g/mol. The van der Waals surface area contributed by atoms with Gasteiger partial charge in [0.2, 0.25) is 0 Å². The molecule has 0 saturated carbocycles. The van der Waals surface area contributed by atoms with Gasteiger partial charge in [-0.2, -0.15) is 0 Å². The van der Waals surface area contributed by atoms with Crippen molar-refractivity contribution >= 4 is 21.4 Å². The van der Waals surface area contributed by atoms with E-state index in [4.69, 9.17) is 4.74 Å². The van der Waals surface area contributed by atoms with Crippen molar-refractivity contribution in [3.8, 4) is 28.0 Å².